The molecule has 0 fully saturated rings. The fourth-order valence-electron chi connectivity index (χ4n) is 1.99. The van der Waals surface area contributed by atoms with E-state index in [2.05, 4.69) is 12.2 Å². The van der Waals surface area contributed by atoms with Crippen molar-refractivity contribution in [1.29, 1.82) is 0 Å². The summed E-state index contributed by atoms with van der Waals surface area (Å²) < 4.78 is 31.6. The molecule has 21 heavy (non-hydrogen) atoms. The van der Waals surface area contributed by atoms with Gasteiger partial charge in [-0.1, -0.05) is 13.8 Å². The van der Waals surface area contributed by atoms with E-state index in [0.717, 1.165) is 25.1 Å². The minimum absolute atomic E-state index is 0.367. The largest absolute Gasteiger partial charge is 0.497 e. The maximum absolute atomic E-state index is 12.5. The van der Waals surface area contributed by atoms with E-state index in [1.54, 1.807) is 26.3 Å². The fourth-order valence-corrected chi connectivity index (χ4v) is 3.40. The van der Waals surface area contributed by atoms with Gasteiger partial charge in [-0.05, 0) is 49.7 Å². The smallest absolute Gasteiger partial charge is 0.243 e. The molecule has 6 heteroatoms. The van der Waals surface area contributed by atoms with Crippen LogP contribution in [0.15, 0.2) is 23.1 Å². The SMILES string of the molecule is CCCNCCc1cc(OC)ccc1S(=O)(=O)N(C)CC. The van der Waals surface area contributed by atoms with E-state index in [9.17, 15) is 8.42 Å². The molecule has 0 amide bonds. The Labute approximate surface area is 128 Å². The summed E-state index contributed by atoms with van der Waals surface area (Å²) in [6.07, 6.45) is 1.71. The first-order chi connectivity index (χ1) is 9.97. The molecule has 0 unspecified atom stereocenters. The number of sulfonamides is 1. The van der Waals surface area contributed by atoms with Gasteiger partial charge in [0.05, 0.1) is 12.0 Å². The molecule has 5 nitrogen and oxygen atoms in total. The second kappa shape index (κ2) is 8.36. The number of nitrogens with one attached hydrogen (secondary N) is 1. The molecular weight excluding hydrogens is 288 g/mol. The van der Waals surface area contributed by atoms with Gasteiger partial charge in [0.1, 0.15) is 5.75 Å². The fraction of sp³-hybridized carbons (Fsp3) is 0.600. The molecule has 0 aliphatic heterocycles. The van der Waals surface area contributed by atoms with Crippen LogP contribution in [0.5, 0.6) is 5.75 Å². The van der Waals surface area contributed by atoms with Crippen LogP contribution < -0.4 is 10.1 Å². The van der Waals surface area contributed by atoms with Crippen molar-refractivity contribution in [2.75, 3.05) is 33.8 Å². The maximum atomic E-state index is 12.5. The highest BCUT2D eigenvalue weighted by Crippen LogP contribution is 2.24. The predicted molar refractivity (Wildman–Crippen MR) is 85.3 cm³/mol. The molecule has 0 aliphatic rings. The molecule has 0 spiro atoms. The number of ether oxygens (including phenoxy) is 1. The third kappa shape index (κ3) is 4.69. The van der Waals surface area contributed by atoms with Crippen molar-refractivity contribution in [3.63, 3.8) is 0 Å². The summed E-state index contributed by atoms with van der Waals surface area (Å²) in [6.45, 7) is 6.05. The molecule has 1 aromatic carbocycles. The van der Waals surface area contributed by atoms with Gasteiger partial charge in [-0.3, -0.25) is 0 Å². The lowest BCUT2D eigenvalue weighted by Crippen LogP contribution is -2.28. The molecule has 0 radical (unpaired) electrons. The second-order valence-electron chi connectivity index (χ2n) is 4.89. The number of benzene rings is 1. The zero-order valence-corrected chi connectivity index (χ0v) is 14.2. The standard InChI is InChI=1S/C15H26N2O3S/c1-5-10-16-11-9-13-12-14(20-4)7-8-15(13)21(18,19)17(3)6-2/h7-8,12,16H,5-6,9-11H2,1-4H3. The molecule has 0 aromatic heterocycles. The highest BCUT2D eigenvalue weighted by atomic mass is 32.2. The van der Waals surface area contributed by atoms with Crippen molar-refractivity contribution in [3.8, 4) is 5.75 Å². The van der Waals surface area contributed by atoms with Crippen molar-refractivity contribution in [2.24, 2.45) is 0 Å². The molecule has 0 saturated heterocycles. The zero-order valence-electron chi connectivity index (χ0n) is 13.3. The first-order valence-corrected chi connectivity index (χ1v) is 8.75. The van der Waals surface area contributed by atoms with Crippen LogP contribution in [0.4, 0.5) is 0 Å². The van der Waals surface area contributed by atoms with Crippen LogP contribution in [0, 0.1) is 0 Å². The van der Waals surface area contributed by atoms with Gasteiger partial charge in [-0.15, -0.1) is 0 Å². The number of nitrogens with zero attached hydrogens (tertiary/aromatic N) is 1. The van der Waals surface area contributed by atoms with Crippen LogP contribution in [0.25, 0.3) is 0 Å². The molecule has 0 bridgehead atoms. The third-order valence-corrected chi connectivity index (χ3v) is 5.43. The molecular formula is C15H26N2O3S. The van der Waals surface area contributed by atoms with E-state index in [1.807, 2.05) is 13.0 Å². The highest BCUT2D eigenvalue weighted by molar-refractivity contribution is 7.89. The summed E-state index contributed by atoms with van der Waals surface area (Å²) in [5, 5.41) is 3.29. The van der Waals surface area contributed by atoms with E-state index in [-0.39, 0.29) is 0 Å². The van der Waals surface area contributed by atoms with Gasteiger partial charge >= 0.3 is 0 Å². The normalized spacial score (nSPS) is 11.9. The summed E-state index contributed by atoms with van der Waals surface area (Å²) >= 11 is 0. The van der Waals surface area contributed by atoms with E-state index in [1.165, 1.54) is 4.31 Å². The lowest BCUT2D eigenvalue weighted by molar-refractivity contribution is 0.413. The quantitative estimate of drug-likeness (QED) is 0.707. The topological polar surface area (TPSA) is 58.6 Å². The third-order valence-electron chi connectivity index (χ3n) is 3.40. The molecule has 0 saturated carbocycles. The van der Waals surface area contributed by atoms with Crippen LogP contribution in [-0.2, 0) is 16.4 Å². The van der Waals surface area contributed by atoms with Crippen molar-refractivity contribution in [1.82, 2.24) is 9.62 Å². The second-order valence-corrected chi connectivity index (χ2v) is 6.91. The van der Waals surface area contributed by atoms with Crippen molar-refractivity contribution < 1.29 is 13.2 Å². The lowest BCUT2D eigenvalue weighted by atomic mass is 10.1. The van der Waals surface area contributed by atoms with Gasteiger partial charge in [-0.25, -0.2) is 12.7 Å². The maximum Gasteiger partial charge on any atom is 0.243 e. The zero-order chi connectivity index (χ0) is 15.9. The summed E-state index contributed by atoms with van der Waals surface area (Å²) in [6, 6.07) is 5.14. The lowest BCUT2D eigenvalue weighted by Gasteiger charge is -2.18. The molecule has 120 valence electrons. The Hall–Kier alpha value is -1.11. The Kier molecular flexibility index (Phi) is 7.14. The van der Waals surface area contributed by atoms with Gasteiger partial charge in [0.2, 0.25) is 10.0 Å². The highest BCUT2D eigenvalue weighted by Gasteiger charge is 2.22. The van der Waals surface area contributed by atoms with Crippen LogP contribution >= 0.6 is 0 Å². The summed E-state index contributed by atoms with van der Waals surface area (Å²) in [5.41, 5.74) is 0.790. The minimum atomic E-state index is -3.44. The number of rotatable bonds is 9. The average Bonchev–Trinajstić information content (AvgIpc) is 2.50. The van der Waals surface area contributed by atoms with Crippen LogP contribution in [-0.4, -0.2) is 46.5 Å². The van der Waals surface area contributed by atoms with E-state index < -0.39 is 10.0 Å². The predicted octanol–water partition coefficient (Wildman–Crippen LogP) is 1.88. The van der Waals surface area contributed by atoms with E-state index in [4.69, 9.17) is 4.74 Å². The van der Waals surface area contributed by atoms with E-state index >= 15 is 0 Å². The summed E-state index contributed by atoms with van der Waals surface area (Å²) in [5.74, 6) is 0.679. The molecule has 1 aromatic rings. The number of hydrogen-bond acceptors (Lipinski definition) is 4. The Morgan fingerprint density at radius 1 is 1.24 bits per heavy atom. The van der Waals surface area contributed by atoms with Crippen LogP contribution in [0.2, 0.25) is 0 Å². The number of hydrogen-bond donors (Lipinski definition) is 1. The average molecular weight is 314 g/mol. The minimum Gasteiger partial charge on any atom is -0.497 e. The van der Waals surface area contributed by atoms with Crippen LogP contribution in [0.1, 0.15) is 25.8 Å². The Balaban J connectivity index is 3.07. The summed E-state index contributed by atoms with van der Waals surface area (Å²) in [4.78, 5) is 0.367. The number of methoxy groups -OCH3 is 1. The first-order valence-electron chi connectivity index (χ1n) is 7.31. The monoisotopic (exact) mass is 314 g/mol. The van der Waals surface area contributed by atoms with Crippen LogP contribution in [0.3, 0.4) is 0 Å². The Morgan fingerprint density at radius 2 is 1.95 bits per heavy atom. The Morgan fingerprint density at radius 3 is 2.52 bits per heavy atom. The van der Waals surface area contributed by atoms with Crippen molar-refractivity contribution in [2.45, 2.75) is 31.6 Å². The van der Waals surface area contributed by atoms with Gasteiger partial charge in [-0.2, -0.15) is 0 Å². The Bertz CT molecular complexity index is 544. The van der Waals surface area contributed by atoms with Crippen molar-refractivity contribution >= 4 is 10.0 Å². The molecule has 0 aliphatic carbocycles. The molecule has 1 rings (SSSR count). The molecule has 0 atom stereocenters. The first kappa shape index (κ1) is 17.9. The van der Waals surface area contributed by atoms with Gasteiger partial charge in [0.15, 0.2) is 0 Å². The van der Waals surface area contributed by atoms with Gasteiger partial charge < -0.3 is 10.1 Å². The van der Waals surface area contributed by atoms with E-state index in [0.29, 0.717) is 23.6 Å². The van der Waals surface area contributed by atoms with Gasteiger partial charge in [0, 0.05) is 13.6 Å². The van der Waals surface area contributed by atoms with Crippen molar-refractivity contribution in [3.05, 3.63) is 23.8 Å². The summed E-state index contributed by atoms with van der Waals surface area (Å²) in [7, 11) is -0.257. The molecule has 1 N–H and O–H groups in total. The van der Waals surface area contributed by atoms with Gasteiger partial charge in [0.25, 0.3) is 0 Å². The molecule has 0 heterocycles.